The van der Waals surface area contributed by atoms with Crippen LogP contribution in [0.25, 0.3) is 22.8 Å². The van der Waals surface area contributed by atoms with E-state index in [1.807, 2.05) is 10.9 Å². The van der Waals surface area contributed by atoms with Crippen molar-refractivity contribution in [3.8, 4) is 22.8 Å². The highest BCUT2D eigenvalue weighted by molar-refractivity contribution is 5.97. The number of anilines is 1. The van der Waals surface area contributed by atoms with Crippen molar-refractivity contribution in [2.75, 3.05) is 12.3 Å². The summed E-state index contributed by atoms with van der Waals surface area (Å²) in [7, 11) is 0. The number of carbonyl (C=O) groups is 1. The fraction of sp³-hybridized carbons (Fsp3) is 0.500. The largest absolute Gasteiger partial charge is 0.382 e. The van der Waals surface area contributed by atoms with Crippen molar-refractivity contribution in [3.05, 3.63) is 36.0 Å². The maximum Gasteiger partial charge on any atom is 0.274 e. The summed E-state index contributed by atoms with van der Waals surface area (Å²) in [6.07, 6.45) is 10.5. The predicted octanol–water partition coefficient (Wildman–Crippen LogP) is 1.98. The van der Waals surface area contributed by atoms with Gasteiger partial charge in [-0.2, -0.15) is 5.10 Å². The molecule has 10 heteroatoms. The van der Waals surface area contributed by atoms with Gasteiger partial charge in [0.25, 0.3) is 5.91 Å². The fourth-order valence-electron chi connectivity index (χ4n) is 5.09. The van der Waals surface area contributed by atoms with Crippen molar-refractivity contribution in [3.63, 3.8) is 0 Å². The number of hydrogen-bond acceptors (Lipinski definition) is 8. The van der Waals surface area contributed by atoms with Gasteiger partial charge in [0.1, 0.15) is 5.69 Å². The average Bonchev–Trinajstić information content (AvgIpc) is 3.36. The first-order chi connectivity index (χ1) is 16.3. The third-order valence-electron chi connectivity index (χ3n) is 7.23. The van der Waals surface area contributed by atoms with E-state index in [0.717, 1.165) is 43.6 Å². The van der Waals surface area contributed by atoms with Crippen LogP contribution in [0.15, 0.2) is 24.7 Å². The molecule has 1 amide bonds. The molecular formula is C24H29N9O. The summed E-state index contributed by atoms with van der Waals surface area (Å²) in [5.74, 6) is 0.384. The number of amides is 1. The summed E-state index contributed by atoms with van der Waals surface area (Å²) in [6, 6.07) is 1.82. The lowest BCUT2D eigenvalue weighted by Crippen LogP contribution is -2.50. The summed E-state index contributed by atoms with van der Waals surface area (Å²) in [5.41, 5.74) is 9.76. The van der Waals surface area contributed by atoms with Gasteiger partial charge in [0, 0.05) is 30.9 Å². The Balaban J connectivity index is 1.24. The minimum absolute atomic E-state index is 0.0583. The van der Waals surface area contributed by atoms with E-state index in [4.69, 9.17) is 10.7 Å². The Morgan fingerprint density at radius 1 is 1.18 bits per heavy atom. The van der Waals surface area contributed by atoms with Gasteiger partial charge in [0.15, 0.2) is 17.3 Å². The second-order valence-electron chi connectivity index (χ2n) is 10.6. The zero-order chi connectivity index (χ0) is 23.5. The summed E-state index contributed by atoms with van der Waals surface area (Å²) in [4.78, 5) is 30.9. The third kappa shape index (κ3) is 3.81. The molecule has 0 unspecified atom stereocenters. The molecule has 3 aromatic rings. The van der Waals surface area contributed by atoms with Gasteiger partial charge in [-0.25, -0.2) is 19.9 Å². The molecule has 3 aliphatic rings. The van der Waals surface area contributed by atoms with Gasteiger partial charge in [-0.1, -0.05) is 13.8 Å². The zero-order valence-electron chi connectivity index (χ0n) is 19.5. The lowest BCUT2D eigenvalue weighted by Gasteiger charge is -2.30. The van der Waals surface area contributed by atoms with Gasteiger partial charge in [0.2, 0.25) is 0 Å². The highest BCUT2D eigenvalue weighted by atomic mass is 16.2. The summed E-state index contributed by atoms with van der Waals surface area (Å²) < 4.78 is 2.03. The number of nitrogens with one attached hydrogen (secondary N) is 2. The van der Waals surface area contributed by atoms with Gasteiger partial charge >= 0.3 is 0 Å². The van der Waals surface area contributed by atoms with Crippen LogP contribution >= 0.6 is 0 Å². The first-order valence-electron chi connectivity index (χ1n) is 11.9. The first-order valence-corrected chi connectivity index (χ1v) is 11.9. The number of hydrogen-bond donors (Lipinski definition) is 3. The highest BCUT2D eigenvalue weighted by Gasteiger charge is 2.45. The molecule has 10 nitrogen and oxygen atoms in total. The van der Waals surface area contributed by atoms with Crippen LogP contribution in [0.3, 0.4) is 0 Å². The number of nitrogens with two attached hydrogens (primary N) is 1. The van der Waals surface area contributed by atoms with Gasteiger partial charge in [-0.15, -0.1) is 0 Å². The van der Waals surface area contributed by atoms with Crippen LogP contribution in [0.4, 0.5) is 5.82 Å². The minimum atomic E-state index is -0.309. The lowest BCUT2D eigenvalue weighted by molar-refractivity contribution is 0.0921. The predicted molar refractivity (Wildman–Crippen MR) is 127 cm³/mol. The molecule has 3 aromatic heterocycles. The van der Waals surface area contributed by atoms with Crippen LogP contribution in [0.1, 0.15) is 55.7 Å². The maximum atomic E-state index is 13.0. The average molecular weight is 460 g/mol. The van der Waals surface area contributed by atoms with Crippen LogP contribution in [-0.2, 0) is 13.0 Å². The number of fused-ring (bicyclic) bond motifs is 1. The molecule has 0 aromatic carbocycles. The van der Waals surface area contributed by atoms with E-state index in [-0.39, 0.29) is 28.9 Å². The molecule has 0 bridgehead atoms. The number of nitrogens with zero attached hydrogens (tertiary/aromatic N) is 6. The molecule has 34 heavy (non-hydrogen) atoms. The van der Waals surface area contributed by atoms with Crippen LogP contribution < -0.4 is 16.4 Å². The molecule has 1 aliphatic carbocycles. The van der Waals surface area contributed by atoms with Gasteiger partial charge in [-0.05, 0) is 43.6 Å². The Bertz CT molecular complexity index is 1270. The van der Waals surface area contributed by atoms with E-state index in [1.54, 1.807) is 18.5 Å². The quantitative estimate of drug-likeness (QED) is 0.539. The summed E-state index contributed by atoms with van der Waals surface area (Å²) in [5, 5.41) is 11.1. The molecule has 0 radical (unpaired) electrons. The molecule has 4 N–H and O–H groups in total. The zero-order valence-corrected chi connectivity index (χ0v) is 19.5. The molecule has 2 fully saturated rings. The Labute approximate surface area is 197 Å². The second-order valence-corrected chi connectivity index (χ2v) is 10.6. The highest BCUT2D eigenvalue weighted by Crippen LogP contribution is 2.42. The monoisotopic (exact) mass is 459 g/mol. The van der Waals surface area contributed by atoms with E-state index in [0.29, 0.717) is 22.8 Å². The standard InChI is InChI=1S/C24H29N9O/c1-23(2)9-18-15(11-29-33(18)13-23)21-26-8-4-16(32-21)17-12-27-20(25)19(31-17)22(34)30-14-3-5-24(6-7-24)28-10-14/h4,8,11-12,14,28H,3,5-7,9-10,13H2,1-2H3,(H2,25,27)(H,30,34)/t14-/m0/s1. The molecule has 176 valence electrons. The number of carbonyl (C=O) groups excluding carboxylic acids is 1. The van der Waals surface area contributed by atoms with Crippen LogP contribution in [0.2, 0.25) is 0 Å². The van der Waals surface area contributed by atoms with Crippen molar-refractivity contribution < 1.29 is 4.79 Å². The number of piperidine rings is 1. The molecule has 1 atom stereocenters. The van der Waals surface area contributed by atoms with E-state index in [9.17, 15) is 4.79 Å². The molecule has 1 spiro atoms. The van der Waals surface area contributed by atoms with Crippen molar-refractivity contribution >= 4 is 11.7 Å². The van der Waals surface area contributed by atoms with Gasteiger partial charge in [0.05, 0.1) is 29.3 Å². The number of nitrogen functional groups attached to an aromatic ring is 1. The van der Waals surface area contributed by atoms with Crippen LogP contribution in [0.5, 0.6) is 0 Å². The van der Waals surface area contributed by atoms with Crippen molar-refractivity contribution in [2.24, 2.45) is 5.41 Å². The van der Waals surface area contributed by atoms with Crippen molar-refractivity contribution in [1.29, 1.82) is 0 Å². The molecule has 1 saturated carbocycles. The van der Waals surface area contributed by atoms with E-state index in [1.165, 1.54) is 12.8 Å². The van der Waals surface area contributed by atoms with Crippen molar-refractivity contribution in [2.45, 2.75) is 64.1 Å². The summed E-state index contributed by atoms with van der Waals surface area (Å²) in [6.45, 7) is 6.10. The smallest absolute Gasteiger partial charge is 0.274 e. The summed E-state index contributed by atoms with van der Waals surface area (Å²) >= 11 is 0. The Hall–Kier alpha value is -3.40. The van der Waals surface area contributed by atoms with Crippen LogP contribution in [0, 0.1) is 5.41 Å². The normalized spacial score (nSPS) is 21.9. The molecular weight excluding hydrogens is 430 g/mol. The Morgan fingerprint density at radius 3 is 2.79 bits per heavy atom. The maximum absolute atomic E-state index is 13.0. The van der Waals surface area contributed by atoms with Crippen molar-refractivity contribution in [1.82, 2.24) is 40.3 Å². The number of aromatic nitrogens is 6. The van der Waals surface area contributed by atoms with E-state index >= 15 is 0 Å². The van der Waals surface area contributed by atoms with Gasteiger partial charge in [-0.3, -0.25) is 9.48 Å². The minimum Gasteiger partial charge on any atom is -0.382 e. The number of rotatable bonds is 4. The van der Waals surface area contributed by atoms with Gasteiger partial charge < -0.3 is 16.4 Å². The topological polar surface area (TPSA) is 137 Å². The molecule has 1 saturated heterocycles. The second kappa shape index (κ2) is 7.56. The van der Waals surface area contributed by atoms with E-state index < -0.39 is 0 Å². The SMILES string of the molecule is CC1(C)Cc2c(-c3nccc(-c4cnc(N)c(C(=O)N[C@H]5CCC6(CC6)NC5)n4)n3)cnn2C1. The van der Waals surface area contributed by atoms with E-state index in [2.05, 4.69) is 44.5 Å². The fourth-order valence-corrected chi connectivity index (χ4v) is 5.09. The third-order valence-corrected chi connectivity index (χ3v) is 7.23. The molecule has 5 heterocycles. The first kappa shape index (κ1) is 21.2. The molecule has 2 aliphatic heterocycles. The Morgan fingerprint density at radius 2 is 2.03 bits per heavy atom. The Kier molecular flexibility index (Phi) is 4.70. The molecule has 6 rings (SSSR count). The lowest BCUT2D eigenvalue weighted by atomic mass is 9.90. The van der Waals surface area contributed by atoms with Crippen LogP contribution in [-0.4, -0.2) is 53.7 Å².